The average molecular weight is 325 g/mol. The highest BCUT2D eigenvalue weighted by Gasteiger charge is 2.20. The van der Waals surface area contributed by atoms with E-state index in [1.807, 2.05) is 20.8 Å². The summed E-state index contributed by atoms with van der Waals surface area (Å²) in [5.41, 5.74) is 0.434. The van der Waals surface area contributed by atoms with E-state index in [9.17, 15) is 9.90 Å². The molecule has 0 aliphatic carbocycles. The zero-order valence-corrected chi connectivity index (χ0v) is 14.6. The summed E-state index contributed by atoms with van der Waals surface area (Å²) in [4.78, 5) is 14.0. The van der Waals surface area contributed by atoms with Crippen LogP contribution in [0.3, 0.4) is 0 Å². The van der Waals surface area contributed by atoms with Crippen molar-refractivity contribution in [2.24, 2.45) is 0 Å². The minimum atomic E-state index is -0.593. The molecule has 6 heteroatoms. The molecule has 0 radical (unpaired) electrons. The van der Waals surface area contributed by atoms with Gasteiger partial charge in [-0.15, -0.1) is 0 Å². The Labute approximate surface area is 138 Å². The summed E-state index contributed by atoms with van der Waals surface area (Å²) in [6, 6.07) is 3.30. The van der Waals surface area contributed by atoms with E-state index in [0.717, 1.165) is 0 Å². The number of likely N-dealkylation sites (N-methyl/N-ethyl adjacent to an activating group) is 1. The third-order valence-electron chi connectivity index (χ3n) is 3.04. The fourth-order valence-electron chi connectivity index (χ4n) is 2.21. The lowest BCUT2D eigenvalue weighted by Gasteiger charge is -2.21. The van der Waals surface area contributed by atoms with E-state index in [0.29, 0.717) is 42.6 Å². The van der Waals surface area contributed by atoms with Crippen LogP contribution in [-0.2, 0) is 0 Å². The highest BCUT2D eigenvalue weighted by molar-refractivity contribution is 5.95. The van der Waals surface area contributed by atoms with Gasteiger partial charge in [0.25, 0.3) is 5.91 Å². The predicted molar refractivity (Wildman–Crippen MR) is 88.6 cm³/mol. The van der Waals surface area contributed by atoms with Crippen molar-refractivity contribution in [1.29, 1.82) is 0 Å². The summed E-state index contributed by atoms with van der Waals surface area (Å²) in [6.45, 7) is 8.86. The van der Waals surface area contributed by atoms with Crippen molar-refractivity contribution >= 4 is 5.91 Å². The molecule has 0 unspecified atom stereocenters. The van der Waals surface area contributed by atoms with Gasteiger partial charge >= 0.3 is 0 Å². The molecule has 23 heavy (non-hydrogen) atoms. The van der Waals surface area contributed by atoms with E-state index in [1.165, 1.54) is 4.90 Å². The number of aliphatic hydroxyl groups is 1. The van der Waals surface area contributed by atoms with E-state index >= 15 is 0 Å². The number of carbonyl (C=O) groups is 1. The average Bonchev–Trinajstić information content (AvgIpc) is 2.49. The van der Waals surface area contributed by atoms with Gasteiger partial charge in [0.2, 0.25) is 5.75 Å². The second-order valence-electron chi connectivity index (χ2n) is 5.14. The van der Waals surface area contributed by atoms with Gasteiger partial charge in [-0.2, -0.15) is 0 Å². The van der Waals surface area contributed by atoms with Crippen molar-refractivity contribution in [3.05, 3.63) is 17.7 Å². The van der Waals surface area contributed by atoms with E-state index < -0.39 is 6.10 Å². The molecule has 1 rings (SSSR count). The number of nitrogens with zero attached hydrogens (tertiary/aromatic N) is 1. The van der Waals surface area contributed by atoms with E-state index in [1.54, 1.807) is 26.1 Å². The summed E-state index contributed by atoms with van der Waals surface area (Å²) in [5, 5.41) is 9.45. The van der Waals surface area contributed by atoms with Gasteiger partial charge in [-0.1, -0.05) is 0 Å². The fourth-order valence-corrected chi connectivity index (χ4v) is 2.21. The Bertz CT molecular complexity index is 489. The molecule has 0 spiro atoms. The van der Waals surface area contributed by atoms with Crippen LogP contribution < -0.4 is 14.2 Å². The van der Waals surface area contributed by atoms with E-state index in [2.05, 4.69) is 0 Å². The molecule has 0 fully saturated rings. The monoisotopic (exact) mass is 325 g/mol. The smallest absolute Gasteiger partial charge is 0.253 e. The Morgan fingerprint density at radius 3 is 1.96 bits per heavy atom. The fraction of sp³-hybridized carbons (Fsp3) is 0.588. The molecule has 1 N–H and O–H groups in total. The molecule has 1 aromatic carbocycles. The van der Waals surface area contributed by atoms with Crippen molar-refractivity contribution in [1.82, 2.24) is 4.90 Å². The van der Waals surface area contributed by atoms with Gasteiger partial charge in [-0.05, 0) is 39.8 Å². The molecule has 1 aromatic rings. The third-order valence-corrected chi connectivity index (χ3v) is 3.04. The van der Waals surface area contributed by atoms with Crippen LogP contribution in [0.1, 0.15) is 38.1 Å². The molecular weight excluding hydrogens is 298 g/mol. The summed E-state index contributed by atoms with van der Waals surface area (Å²) in [7, 11) is 1.65. The molecule has 1 amide bonds. The van der Waals surface area contributed by atoms with Crippen LogP contribution in [0, 0.1) is 0 Å². The number of rotatable bonds is 9. The van der Waals surface area contributed by atoms with E-state index in [4.69, 9.17) is 14.2 Å². The number of carbonyl (C=O) groups excluding carboxylic acids is 1. The summed E-state index contributed by atoms with van der Waals surface area (Å²) < 4.78 is 16.8. The second kappa shape index (κ2) is 9.25. The first-order valence-corrected chi connectivity index (χ1v) is 7.94. The van der Waals surface area contributed by atoms with Crippen molar-refractivity contribution in [2.75, 3.05) is 33.4 Å². The number of ether oxygens (including phenoxy) is 3. The Kier molecular flexibility index (Phi) is 7.68. The van der Waals surface area contributed by atoms with Crippen LogP contribution in [0.25, 0.3) is 0 Å². The molecule has 0 aliphatic rings. The zero-order valence-electron chi connectivity index (χ0n) is 14.6. The normalized spacial score (nSPS) is 11.7. The van der Waals surface area contributed by atoms with Gasteiger partial charge in [-0.25, -0.2) is 0 Å². The highest BCUT2D eigenvalue weighted by Crippen LogP contribution is 2.39. The molecule has 0 heterocycles. The maximum atomic E-state index is 12.5. The molecule has 130 valence electrons. The van der Waals surface area contributed by atoms with Crippen molar-refractivity contribution in [3.8, 4) is 17.2 Å². The minimum Gasteiger partial charge on any atom is -0.490 e. The number of hydrogen-bond acceptors (Lipinski definition) is 5. The van der Waals surface area contributed by atoms with Gasteiger partial charge in [0.15, 0.2) is 11.5 Å². The molecule has 6 nitrogen and oxygen atoms in total. The van der Waals surface area contributed by atoms with Crippen molar-refractivity contribution in [2.45, 2.75) is 33.8 Å². The van der Waals surface area contributed by atoms with Gasteiger partial charge < -0.3 is 24.2 Å². The molecule has 0 aliphatic heterocycles. The second-order valence-corrected chi connectivity index (χ2v) is 5.14. The van der Waals surface area contributed by atoms with Gasteiger partial charge in [-0.3, -0.25) is 4.79 Å². The van der Waals surface area contributed by atoms with Crippen LogP contribution >= 0.6 is 0 Å². The van der Waals surface area contributed by atoms with Crippen molar-refractivity contribution < 1.29 is 24.1 Å². The molecule has 0 aromatic heterocycles. The predicted octanol–water partition coefficient (Wildman–Crippen LogP) is 2.34. The van der Waals surface area contributed by atoms with Crippen molar-refractivity contribution in [3.63, 3.8) is 0 Å². The summed E-state index contributed by atoms with van der Waals surface area (Å²) in [6.07, 6.45) is -0.593. The zero-order chi connectivity index (χ0) is 17.4. The van der Waals surface area contributed by atoms with Crippen LogP contribution in [0.4, 0.5) is 0 Å². The van der Waals surface area contributed by atoms with Crippen LogP contribution in [0.5, 0.6) is 17.2 Å². The Hall–Kier alpha value is -1.95. The maximum absolute atomic E-state index is 12.5. The van der Waals surface area contributed by atoms with Crippen LogP contribution in [-0.4, -0.2) is 55.4 Å². The topological polar surface area (TPSA) is 68.2 Å². The van der Waals surface area contributed by atoms with Gasteiger partial charge in [0.1, 0.15) is 0 Å². The summed E-state index contributed by atoms with van der Waals surface area (Å²) >= 11 is 0. The quantitative estimate of drug-likeness (QED) is 0.755. The van der Waals surface area contributed by atoms with Crippen LogP contribution in [0.2, 0.25) is 0 Å². The van der Waals surface area contributed by atoms with Gasteiger partial charge in [0, 0.05) is 19.2 Å². The number of aliphatic hydroxyl groups excluding tert-OH is 1. The highest BCUT2D eigenvalue weighted by atomic mass is 16.5. The lowest BCUT2D eigenvalue weighted by molar-refractivity contribution is 0.0702. The first-order valence-electron chi connectivity index (χ1n) is 7.94. The first kappa shape index (κ1) is 19.1. The standard InChI is InChI=1S/C17H27NO5/c1-6-21-14-9-13(17(20)18(5)11-12(4)19)10-15(22-7-2)16(14)23-8-3/h9-10,12,19H,6-8,11H2,1-5H3/t12-/m0/s1. The lowest BCUT2D eigenvalue weighted by atomic mass is 10.1. The number of amides is 1. The Morgan fingerprint density at radius 2 is 1.57 bits per heavy atom. The molecule has 0 saturated heterocycles. The minimum absolute atomic E-state index is 0.212. The Morgan fingerprint density at radius 1 is 1.09 bits per heavy atom. The molecule has 1 atom stereocenters. The lowest BCUT2D eigenvalue weighted by Crippen LogP contribution is -2.33. The Balaban J connectivity index is 3.24. The van der Waals surface area contributed by atoms with E-state index in [-0.39, 0.29) is 12.5 Å². The van der Waals surface area contributed by atoms with Crippen LogP contribution in [0.15, 0.2) is 12.1 Å². The maximum Gasteiger partial charge on any atom is 0.253 e. The number of benzene rings is 1. The van der Waals surface area contributed by atoms with Gasteiger partial charge in [0.05, 0.1) is 25.9 Å². The number of hydrogen-bond donors (Lipinski definition) is 1. The first-order chi connectivity index (χ1) is 10.9. The third kappa shape index (κ3) is 5.32. The molecule has 0 bridgehead atoms. The molecular formula is C17H27NO5. The summed E-state index contributed by atoms with van der Waals surface area (Å²) in [5.74, 6) is 1.25. The molecule has 0 saturated carbocycles. The SMILES string of the molecule is CCOc1cc(C(=O)N(C)C[C@H](C)O)cc(OCC)c1OCC. The largest absolute Gasteiger partial charge is 0.490 e.